The molecule has 6 nitrogen and oxygen atoms in total. The maximum absolute atomic E-state index is 13.9. The lowest BCUT2D eigenvalue weighted by atomic mass is 9.93. The first-order chi connectivity index (χ1) is 19.3. The summed E-state index contributed by atoms with van der Waals surface area (Å²) >= 11 is 4.78. The van der Waals surface area contributed by atoms with E-state index in [0.717, 1.165) is 10.0 Å². The number of esters is 1. The summed E-state index contributed by atoms with van der Waals surface area (Å²) in [6.07, 6.45) is 1.80. The lowest BCUT2D eigenvalue weighted by molar-refractivity contribution is -0.138. The molecule has 1 aromatic heterocycles. The minimum Gasteiger partial charge on any atom is -0.490 e. The van der Waals surface area contributed by atoms with Crippen LogP contribution >= 0.6 is 27.3 Å². The van der Waals surface area contributed by atoms with Crippen molar-refractivity contribution >= 4 is 45.0 Å². The molecule has 0 unspecified atom stereocenters. The summed E-state index contributed by atoms with van der Waals surface area (Å²) in [5.41, 5.74) is 2.39. The molecule has 0 bridgehead atoms. The maximum atomic E-state index is 13.9. The zero-order valence-corrected chi connectivity index (χ0v) is 24.5. The van der Waals surface area contributed by atoms with Gasteiger partial charge in [0.15, 0.2) is 4.80 Å². The van der Waals surface area contributed by atoms with Gasteiger partial charge in [-0.3, -0.25) is 9.36 Å². The van der Waals surface area contributed by atoms with E-state index in [0.29, 0.717) is 31.9 Å². The SMILES string of the molecule is CCOC(=O)C1=C(c2ccccc2)N=c2s/c(=C\c3ccc(OC(C)C)c(Br)c3)c(=O)n2[C@H]1c1ccc(F)cc1. The highest BCUT2D eigenvalue weighted by molar-refractivity contribution is 9.10. The number of aromatic nitrogens is 1. The first-order valence-electron chi connectivity index (χ1n) is 12.8. The molecule has 0 saturated heterocycles. The molecule has 1 atom stereocenters. The van der Waals surface area contributed by atoms with Gasteiger partial charge in [0.2, 0.25) is 0 Å². The van der Waals surface area contributed by atoms with E-state index < -0.39 is 17.8 Å². The van der Waals surface area contributed by atoms with Crippen molar-refractivity contribution in [2.45, 2.75) is 32.9 Å². The third-order valence-electron chi connectivity index (χ3n) is 6.18. The molecule has 0 saturated carbocycles. The number of carbonyl (C=O) groups is 1. The van der Waals surface area contributed by atoms with E-state index in [2.05, 4.69) is 15.9 Å². The lowest BCUT2D eigenvalue weighted by Gasteiger charge is -2.25. The average Bonchev–Trinajstić information content (AvgIpc) is 3.24. The van der Waals surface area contributed by atoms with E-state index >= 15 is 0 Å². The molecule has 0 radical (unpaired) electrons. The van der Waals surface area contributed by atoms with Crippen molar-refractivity contribution < 1.29 is 18.7 Å². The van der Waals surface area contributed by atoms with Crippen LogP contribution in [0.25, 0.3) is 11.8 Å². The molecule has 204 valence electrons. The second kappa shape index (κ2) is 11.7. The number of halogens is 2. The Morgan fingerprint density at radius 3 is 2.50 bits per heavy atom. The van der Waals surface area contributed by atoms with Crippen molar-refractivity contribution in [2.24, 2.45) is 4.99 Å². The van der Waals surface area contributed by atoms with Gasteiger partial charge in [-0.15, -0.1) is 0 Å². The van der Waals surface area contributed by atoms with Crippen LogP contribution in [0.2, 0.25) is 0 Å². The first-order valence-corrected chi connectivity index (χ1v) is 14.4. The number of ether oxygens (including phenoxy) is 2. The van der Waals surface area contributed by atoms with Gasteiger partial charge in [-0.2, -0.15) is 0 Å². The van der Waals surface area contributed by atoms with E-state index in [1.807, 2.05) is 62.4 Å². The normalized spacial score (nSPS) is 15.2. The van der Waals surface area contributed by atoms with Crippen LogP contribution in [-0.4, -0.2) is 23.2 Å². The Labute approximate surface area is 242 Å². The molecule has 3 aromatic carbocycles. The molecular formula is C31H26BrFN2O4S. The van der Waals surface area contributed by atoms with Crippen LogP contribution in [0.5, 0.6) is 5.75 Å². The number of fused-ring (bicyclic) bond motifs is 1. The number of hydrogen-bond acceptors (Lipinski definition) is 6. The molecule has 0 aliphatic carbocycles. The fourth-order valence-corrected chi connectivity index (χ4v) is 6.00. The van der Waals surface area contributed by atoms with E-state index in [1.54, 1.807) is 25.1 Å². The molecular weight excluding hydrogens is 595 g/mol. The van der Waals surface area contributed by atoms with Crippen LogP contribution in [0.4, 0.5) is 4.39 Å². The summed E-state index contributed by atoms with van der Waals surface area (Å²) in [6, 6.07) is 19.8. The van der Waals surface area contributed by atoms with Crippen molar-refractivity contribution in [3.05, 3.63) is 125 Å². The number of nitrogens with zero attached hydrogens (tertiary/aromatic N) is 2. The predicted octanol–water partition coefficient (Wildman–Crippen LogP) is 5.62. The molecule has 9 heteroatoms. The fourth-order valence-electron chi connectivity index (χ4n) is 4.51. The highest BCUT2D eigenvalue weighted by Gasteiger charge is 2.35. The monoisotopic (exact) mass is 620 g/mol. The number of hydrogen-bond donors (Lipinski definition) is 0. The first kappa shape index (κ1) is 27.7. The highest BCUT2D eigenvalue weighted by atomic mass is 79.9. The van der Waals surface area contributed by atoms with Crippen LogP contribution in [0.3, 0.4) is 0 Å². The second-order valence-corrected chi connectivity index (χ2v) is 11.2. The van der Waals surface area contributed by atoms with Crippen molar-refractivity contribution in [2.75, 3.05) is 6.61 Å². The topological polar surface area (TPSA) is 69.9 Å². The van der Waals surface area contributed by atoms with Gasteiger partial charge in [0.1, 0.15) is 11.6 Å². The van der Waals surface area contributed by atoms with Gasteiger partial charge in [0.25, 0.3) is 5.56 Å². The largest absolute Gasteiger partial charge is 0.490 e. The smallest absolute Gasteiger partial charge is 0.338 e. The lowest BCUT2D eigenvalue weighted by Crippen LogP contribution is -2.40. The Bertz CT molecular complexity index is 1780. The van der Waals surface area contributed by atoms with Crippen LogP contribution in [0, 0.1) is 5.82 Å². The molecule has 40 heavy (non-hydrogen) atoms. The van der Waals surface area contributed by atoms with Crippen LogP contribution < -0.4 is 19.6 Å². The third kappa shape index (κ3) is 5.57. The minimum atomic E-state index is -0.859. The molecule has 1 aliphatic rings. The van der Waals surface area contributed by atoms with Gasteiger partial charge in [0.05, 0.1) is 39.0 Å². The summed E-state index contributed by atoms with van der Waals surface area (Å²) in [5.74, 6) is -0.300. The van der Waals surface area contributed by atoms with Gasteiger partial charge in [-0.05, 0) is 78.2 Å². The molecule has 0 amide bonds. The van der Waals surface area contributed by atoms with Crippen molar-refractivity contribution in [1.29, 1.82) is 0 Å². The Balaban J connectivity index is 1.75. The Morgan fingerprint density at radius 1 is 1.12 bits per heavy atom. The molecule has 0 spiro atoms. The molecule has 4 aromatic rings. The summed E-state index contributed by atoms with van der Waals surface area (Å²) in [5, 5.41) is 0. The summed E-state index contributed by atoms with van der Waals surface area (Å²) in [7, 11) is 0. The Hall–Kier alpha value is -3.82. The van der Waals surface area contributed by atoms with Crippen LogP contribution in [-0.2, 0) is 9.53 Å². The van der Waals surface area contributed by atoms with Crippen molar-refractivity contribution in [3.63, 3.8) is 0 Å². The fraction of sp³-hybridized carbons (Fsp3) is 0.194. The standard InChI is InChI=1S/C31H26BrFN2O4S/c1-4-38-30(37)26-27(20-8-6-5-7-9-20)34-31-35(28(26)21-11-13-22(33)14-12-21)29(36)25(40-31)17-19-10-15-24(23(32)16-19)39-18(2)3/h5-18,28H,4H2,1-3H3/b25-17-/t28-/m0/s1. The Kier molecular flexibility index (Phi) is 8.14. The van der Waals surface area contributed by atoms with Gasteiger partial charge in [-0.1, -0.05) is 59.9 Å². The number of benzene rings is 3. The van der Waals surface area contributed by atoms with Crippen molar-refractivity contribution in [1.82, 2.24) is 4.57 Å². The van der Waals surface area contributed by atoms with Gasteiger partial charge in [-0.25, -0.2) is 14.2 Å². The summed E-state index contributed by atoms with van der Waals surface area (Å²) in [4.78, 5) is 32.6. The minimum absolute atomic E-state index is 0.0182. The van der Waals surface area contributed by atoms with E-state index in [9.17, 15) is 14.0 Å². The van der Waals surface area contributed by atoms with E-state index in [4.69, 9.17) is 14.5 Å². The molecule has 0 fully saturated rings. The van der Waals surface area contributed by atoms with Crippen LogP contribution in [0.1, 0.15) is 43.5 Å². The van der Waals surface area contributed by atoms with E-state index in [1.165, 1.54) is 28.0 Å². The van der Waals surface area contributed by atoms with Crippen molar-refractivity contribution in [3.8, 4) is 5.75 Å². The highest BCUT2D eigenvalue weighted by Crippen LogP contribution is 2.35. The zero-order chi connectivity index (χ0) is 28.4. The zero-order valence-electron chi connectivity index (χ0n) is 22.1. The summed E-state index contributed by atoms with van der Waals surface area (Å²) < 4.78 is 27.9. The molecule has 0 N–H and O–H groups in total. The average molecular weight is 622 g/mol. The van der Waals surface area contributed by atoms with Gasteiger partial charge >= 0.3 is 5.97 Å². The van der Waals surface area contributed by atoms with E-state index in [-0.39, 0.29) is 23.8 Å². The van der Waals surface area contributed by atoms with Gasteiger partial charge < -0.3 is 9.47 Å². The maximum Gasteiger partial charge on any atom is 0.338 e. The number of rotatable bonds is 7. The number of thiazole rings is 1. The Morgan fingerprint density at radius 2 is 1.85 bits per heavy atom. The second-order valence-electron chi connectivity index (χ2n) is 9.34. The molecule has 5 rings (SSSR count). The predicted molar refractivity (Wildman–Crippen MR) is 157 cm³/mol. The quantitative estimate of drug-likeness (QED) is 0.251. The molecule has 2 heterocycles. The summed E-state index contributed by atoms with van der Waals surface area (Å²) in [6.45, 7) is 5.77. The third-order valence-corrected chi connectivity index (χ3v) is 7.78. The number of carbonyl (C=O) groups excluding carboxylic acids is 1. The van der Waals surface area contributed by atoms with Gasteiger partial charge in [0, 0.05) is 5.56 Å². The van der Waals surface area contributed by atoms with Crippen LogP contribution in [0.15, 0.2) is 92.6 Å². The molecule has 1 aliphatic heterocycles.